The van der Waals surface area contributed by atoms with Crippen LogP contribution in [0.5, 0.6) is 5.75 Å². The van der Waals surface area contributed by atoms with Crippen molar-refractivity contribution < 1.29 is 23.8 Å². The number of nitrogens with zero attached hydrogens (tertiary/aromatic N) is 1. The maximum Gasteiger partial charge on any atom is 0.260 e. The molecule has 1 N–H and O–H groups in total. The Hall–Kier alpha value is -1.66. The number of hydrogen-bond acceptors (Lipinski definition) is 4. The number of para-hydroxylation sites is 1. The lowest BCUT2D eigenvalue weighted by atomic mass is 10.1. The predicted octanol–water partition coefficient (Wildman–Crippen LogP) is 1.20. The molecule has 1 saturated heterocycles. The van der Waals surface area contributed by atoms with Crippen LogP contribution in [0.4, 0.5) is 4.39 Å². The van der Waals surface area contributed by atoms with Gasteiger partial charge >= 0.3 is 0 Å². The number of ether oxygens (including phenoxy) is 2. The highest BCUT2D eigenvalue weighted by Gasteiger charge is 2.35. The molecule has 0 saturated carbocycles. The number of carbonyl (C=O) groups excluding carboxylic acids is 1. The lowest BCUT2D eigenvalue weighted by Gasteiger charge is -2.42. The Morgan fingerprint density at radius 3 is 2.90 bits per heavy atom. The van der Waals surface area contributed by atoms with Crippen LogP contribution in [0, 0.1) is 5.82 Å². The van der Waals surface area contributed by atoms with Crippen molar-refractivity contribution in [1.82, 2.24) is 4.90 Å². The highest BCUT2D eigenvalue weighted by molar-refractivity contribution is 5.78. The fourth-order valence-electron chi connectivity index (χ4n) is 2.37. The van der Waals surface area contributed by atoms with Crippen molar-refractivity contribution in [2.24, 2.45) is 0 Å². The molecular weight excluding hydrogens is 277 g/mol. The number of aliphatic hydroxyl groups is 1. The Balaban J connectivity index is 1.95. The van der Waals surface area contributed by atoms with Gasteiger partial charge in [0.2, 0.25) is 0 Å². The molecule has 0 bridgehead atoms. The fraction of sp³-hybridized carbons (Fsp3) is 0.533. The normalized spacial score (nSPS) is 21.1. The molecule has 1 atom stereocenters. The average Bonchev–Trinajstić information content (AvgIpc) is 2.44. The van der Waals surface area contributed by atoms with Gasteiger partial charge < -0.3 is 19.5 Å². The summed E-state index contributed by atoms with van der Waals surface area (Å²) in [4.78, 5) is 13.7. The van der Waals surface area contributed by atoms with Gasteiger partial charge in [0.05, 0.1) is 18.3 Å². The summed E-state index contributed by atoms with van der Waals surface area (Å²) in [6.07, 6.45) is -0.411. The van der Waals surface area contributed by atoms with Crippen molar-refractivity contribution in [3.8, 4) is 5.75 Å². The smallest absolute Gasteiger partial charge is 0.260 e. The molecule has 1 heterocycles. The molecule has 116 valence electrons. The van der Waals surface area contributed by atoms with Crippen LogP contribution in [0.15, 0.2) is 24.3 Å². The van der Waals surface area contributed by atoms with Crippen LogP contribution in [0.2, 0.25) is 0 Å². The van der Waals surface area contributed by atoms with Crippen molar-refractivity contribution in [2.75, 3.05) is 26.3 Å². The molecule has 0 radical (unpaired) electrons. The first-order chi connectivity index (χ1) is 9.91. The second kappa shape index (κ2) is 6.41. The number of benzene rings is 1. The maximum atomic E-state index is 13.4. The topological polar surface area (TPSA) is 59.0 Å². The van der Waals surface area contributed by atoms with Gasteiger partial charge in [0, 0.05) is 13.1 Å². The molecule has 0 aliphatic carbocycles. The number of halogens is 1. The van der Waals surface area contributed by atoms with E-state index in [1.165, 1.54) is 12.1 Å². The van der Waals surface area contributed by atoms with Crippen LogP contribution in [-0.2, 0) is 9.53 Å². The molecule has 0 spiro atoms. The second-order valence-electron chi connectivity index (χ2n) is 5.68. The van der Waals surface area contributed by atoms with Gasteiger partial charge in [-0.15, -0.1) is 0 Å². The van der Waals surface area contributed by atoms with Gasteiger partial charge in [-0.3, -0.25) is 4.79 Å². The Morgan fingerprint density at radius 2 is 2.24 bits per heavy atom. The monoisotopic (exact) mass is 297 g/mol. The van der Waals surface area contributed by atoms with Gasteiger partial charge in [0.15, 0.2) is 18.2 Å². The molecule has 1 aromatic rings. The lowest BCUT2D eigenvalue weighted by Crippen LogP contribution is -2.56. The first-order valence-electron chi connectivity index (χ1n) is 6.85. The molecule has 1 aromatic carbocycles. The third-order valence-corrected chi connectivity index (χ3v) is 3.23. The summed E-state index contributed by atoms with van der Waals surface area (Å²) < 4.78 is 24.3. The standard InChI is InChI=1S/C15H20FNO4/c1-15(2)10-17(7-11(8-18)21-15)14(19)9-20-13-6-4-3-5-12(13)16/h3-6,11,18H,7-10H2,1-2H3. The van der Waals surface area contributed by atoms with Gasteiger partial charge in [0.1, 0.15) is 0 Å². The molecule has 0 aromatic heterocycles. The van der Waals surface area contributed by atoms with E-state index in [0.717, 1.165) is 0 Å². The third-order valence-electron chi connectivity index (χ3n) is 3.23. The van der Waals surface area contributed by atoms with E-state index in [0.29, 0.717) is 13.1 Å². The summed E-state index contributed by atoms with van der Waals surface area (Å²) in [6, 6.07) is 5.95. The molecule has 1 aliphatic rings. The fourth-order valence-corrected chi connectivity index (χ4v) is 2.37. The molecule has 1 amide bonds. The largest absolute Gasteiger partial charge is 0.481 e. The summed E-state index contributed by atoms with van der Waals surface area (Å²) in [5.41, 5.74) is -0.528. The average molecular weight is 297 g/mol. The molecular formula is C15H20FNO4. The van der Waals surface area contributed by atoms with E-state index in [1.54, 1.807) is 17.0 Å². The molecule has 6 heteroatoms. The number of amides is 1. The predicted molar refractivity (Wildman–Crippen MR) is 74.5 cm³/mol. The first-order valence-corrected chi connectivity index (χ1v) is 6.85. The number of hydrogen-bond donors (Lipinski definition) is 1. The number of carbonyl (C=O) groups is 1. The van der Waals surface area contributed by atoms with Gasteiger partial charge in [0.25, 0.3) is 5.91 Å². The lowest BCUT2D eigenvalue weighted by molar-refractivity contribution is -0.168. The van der Waals surface area contributed by atoms with Crippen molar-refractivity contribution in [3.05, 3.63) is 30.1 Å². The summed E-state index contributed by atoms with van der Waals surface area (Å²) in [5, 5.41) is 9.22. The zero-order valence-electron chi connectivity index (χ0n) is 12.2. The van der Waals surface area contributed by atoms with E-state index in [2.05, 4.69) is 0 Å². The van der Waals surface area contributed by atoms with E-state index in [9.17, 15) is 14.3 Å². The van der Waals surface area contributed by atoms with Crippen molar-refractivity contribution in [3.63, 3.8) is 0 Å². The zero-order chi connectivity index (χ0) is 15.5. The molecule has 5 nitrogen and oxygen atoms in total. The van der Waals surface area contributed by atoms with Crippen molar-refractivity contribution in [1.29, 1.82) is 0 Å². The zero-order valence-corrected chi connectivity index (χ0v) is 12.2. The molecule has 1 fully saturated rings. The van der Waals surface area contributed by atoms with Crippen LogP contribution in [-0.4, -0.2) is 53.9 Å². The number of rotatable bonds is 4. The Morgan fingerprint density at radius 1 is 1.52 bits per heavy atom. The summed E-state index contributed by atoms with van der Waals surface area (Å²) >= 11 is 0. The minimum absolute atomic E-state index is 0.0528. The summed E-state index contributed by atoms with van der Waals surface area (Å²) in [5.74, 6) is -0.703. The third kappa shape index (κ3) is 4.15. The Labute approximate surface area is 123 Å². The quantitative estimate of drug-likeness (QED) is 0.907. The minimum Gasteiger partial charge on any atom is -0.481 e. The Bertz CT molecular complexity index is 506. The van der Waals surface area contributed by atoms with Crippen LogP contribution in [0.3, 0.4) is 0 Å². The van der Waals surface area contributed by atoms with Crippen molar-refractivity contribution in [2.45, 2.75) is 25.6 Å². The maximum absolute atomic E-state index is 13.4. The SMILES string of the molecule is CC1(C)CN(C(=O)COc2ccccc2F)CC(CO)O1. The van der Waals surface area contributed by atoms with E-state index >= 15 is 0 Å². The first kappa shape index (κ1) is 15.7. The van der Waals surface area contributed by atoms with E-state index in [4.69, 9.17) is 9.47 Å². The minimum atomic E-state index is -0.528. The van der Waals surface area contributed by atoms with E-state index < -0.39 is 17.5 Å². The van der Waals surface area contributed by atoms with Gasteiger partial charge in [-0.05, 0) is 26.0 Å². The van der Waals surface area contributed by atoms with Gasteiger partial charge in [-0.2, -0.15) is 0 Å². The highest BCUT2D eigenvalue weighted by atomic mass is 19.1. The Kier molecular flexibility index (Phi) is 4.80. The van der Waals surface area contributed by atoms with Crippen LogP contribution < -0.4 is 4.74 Å². The molecule has 1 unspecified atom stereocenters. The van der Waals surface area contributed by atoms with Gasteiger partial charge in [-0.1, -0.05) is 12.1 Å². The van der Waals surface area contributed by atoms with Crippen molar-refractivity contribution >= 4 is 5.91 Å². The number of aliphatic hydroxyl groups excluding tert-OH is 1. The number of morpholine rings is 1. The van der Waals surface area contributed by atoms with Crippen LogP contribution >= 0.6 is 0 Å². The van der Waals surface area contributed by atoms with Crippen LogP contribution in [0.1, 0.15) is 13.8 Å². The molecule has 1 aliphatic heterocycles. The highest BCUT2D eigenvalue weighted by Crippen LogP contribution is 2.21. The second-order valence-corrected chi connectivity index (χ2v) is 5.68. The van der Waals surface area contributed by atoms with Crippen LogP contribution in [0.25, 0.3) is 0 Å². The van der Waals surface area contributed by atoms with E-state index in [-0.39, 0.29) is 24.9 Å². The molecule has 21 heavy (non-hydrogen) atoms. The van der Waals surface area contributed by atoms with Gasteiger partial charge in [-0.25, -0.2) is 4.39 Å². The summed E-state index contributed by atoms with van der Waals surface area (Å²) in [7, 11) is 0. The molecule has 2 rings (SSSR count). The summed E-state index contributed by atoms with van der Waals surface area (Å²) in [6.45, 7) is 4.03. The van der Waals surface area contributed by atoms with E-state index in [1.807, 2.05) is 13.8 Å².